The van der Waals surface area contributed by atoms with Gasteiger partial charge in [0, 0.05) is 13.0 Å². The lowest BCUT2D eigenvalue weighted by Crippen LogP contribution is -2.61. The van der Waals surface area contributed by atoms with Gasteiger partial charge in [-0.2, -0.15) is 0 Å². The van der Waals surface area contributed by atoms with Gasteiger partial charge in [0.15, 0.2) is 12.6 Å². The molecule has 7 N–H and O–H groups in total. The molecule has 2 aliphatic rings. The van der Waals surface area contributed by atoms with Crippen LogP contribution in [0.4, 0.5) is 0 Å². The van der Waals surface area contributed by atoms with Crippen molar-refractivity contribution in [3.8, 4) is 0 Å². The van der Waals surface area contributed by atoms with Crippen LogP contribution in [0.25, 0.3) is 0 Å². The van der Waals surface area contributed by atoms with E-state index in [9.17, 15) is 40.5 Å². The number of carbonyl (C=O) groups is 1. The molecule has 0 saturated carbocycles. The van der Waals surface area contributed by atoms with Crippen molar-refractivity contribution in [1.29, 1.82) is 0 Å². The number of aliphatic hydroxyl groups is 7. The summed E-state index contributed by atoms with van der Waals surface area (Å²) in [5.74, 6) is -0.417. The standard InChI is InChI=1S/C69H110O14/c1-3-5-7-9-11-13-15-17-19-21-23-25-27-29-30-32-34-36-38-40-42-44-46-48-50-52-61(71)81-58(56-79-68-67(77)65(75)63(73)60(83-68)57-80-69-66(76)64(74)62(72)59(54-70)82-69)55-78-53-51-49-47-45-43-41-39-37-35-33-31-28-26-24-22-20-18-16-14-12-10-8-6-4-2/h5-8,11-14,17-20,23-26,29-31,33-34,36,40,42,58-60,62-70,72-77H,3-4,9-10,15-16,21-22,27-28,32,35,37-39,41,43-57H2,1-2H3/b7-5-,8-6-,13-11-,14-12-,19-17-,20-18-,25-23-,26-24-,30-29-,33-31-,36-34-,42-40-. The van der Waals surface area contributed by atoms with Crippen LogP contribution >= 0.6 is 0 Å². The molecule has 11 atom stereocenters. The van der Waals surface area contributed by atoms with Gasteiger partial charge >= 0.3 is 5.97 Å². The molecule has 2 saturated heterocycles. The minimum atomic E-state index is -1.73. The topological polar surface area (TPSA) is 214 Å². The molecule has 14 heteroatoms. The third kappa shape index (κ3) is 39.2. The van der Waals surface area contributed by atoms with Crippen molar-refractivity contribution in [3.05, 3.63) is 146 Å². The van der Waals surface area contributed by atoms with Crippen molar-refractivity contribution >= 4 is 5.97 Å². The first-order chi connectivity index (χ1) is 40.6. The maximum atomic E-state index is 13.1. The van der Waals surface area contributed by atoms with Crippen LogP contribution in [0.3, 0.4) is 0 Å². The van der Waals surface area contributed by atoms with Crippen molar-refractivity contribution in [1.82, 2.24) is 0 Å². The van der Waals surface area contributed by atoms with E-state index in [-0.39, 0.29) is 19.6 Å². The monoisotopic (exact) mass is 1160 g/mol. The molecule has 0 aliphatic carbocycles. The summed E-state index contributed by atoms with van der Waals surface area (Å²) in [7, 11) is 0. The van der Waals surface area contributed by atoms with Gasteiger partial charge in [0.2, 0.25) is 0 Å². The van der Waals surface area contributed by atoms with E-state index in [4.69, 9.17) is 28.4 Å². The number of hydrogen-bond donors (Lipinski definition) is 7. The smallest absolute Gasteiger partial charge is 0.306 e. The maximum absolute atomic E-state index is 13.1. The van der Waals surface area contributed by atoms with Gasteiger partial charge < -0.3 is 64.2 Å². The molecule has 0 bridgehead atoms. The summed E-state index contributed by atoms with van der Waals surface area (Å²) < 4.78 is 34.4. The lowest BCUT2D eigenvalue weighted by Gasteiger charge is -2.42. The van der Waals surface area contributed by atoms with Crippen molar-refractivity contribution in [2.24, 2.45) is 0 Å². The normalized spacial score (nSPS) is 24.4. The molecular formula is C69H110O14. The number of unbranched alkanes of at least 4 members (excludes halogenated alkanes) is 11. The zero-order valence-corrected chi connectivity index (χ0v) is 50.6. The molecule has 0 spiro atoms. The minimum absolute atomic E-state index is 0.0306. The fourth-order valence-electron chi connectivity index (χ4n) is 8.88. The fraction of sp³-hybridized carbons (Fsp3) is 0.638. The molecule has 83 heavy (non-hydrogen) atoms. The molecule has 11 unspecified atom stereocenters. The molecule has 0 aromatic rings. The molecule has 14 nitrogen and oxygen atoms in total. The highest BCUT2D eigenvalue weighted by molar-refractivity contribution is 5.69. The van der Waals surface area contributed by atoms with Gasteiger partial charge in [0.1, 0.15) is 54.9 Å². The first kappa shape index (κ1) is 75.0. The van der Waals surface area contributed by atoms with E-state index < -0.39 is 86.7 Å². The van der Waals surface area contributed by atoms with E-state index in [1.807, 2.05) is 0 Å². The Bertz CT molecular complexity index is 1930. The minimum Gasteiger partial charge on any atom is -0.457 e. The first-order valence-electron chi connectivity index (χ1n) is 31.4. The second kappa shape index (κ2) is 53.3. The summed E-state index contributed by atoms with van der Waals surface area (Å²) in [5.41, 5.74) is 0. The molecule has 0 radical (unpaired) electrons. The number of aliphatic hydroxyl groups excluding tert-OH is 7. The number of ether oxygens (including phenoxy) is 6. The summed E-state index contributed by atoms with van der Waals surface area (Å²) in [6, 6.07) is 0. The third-order valence-corrected chi connectivity index (χ3v) is 13.8. The second-order valence-electron chi connectivity index (χ2n) is 21.1. The molecule has 0 aromatic heterocycles. The Balaban J connectivity index is 1.72. The first-order valence-corrected chi connectivity index (χ1v) is 31.4. The number of esters is 1. The van der Waals surface area contributed by atoms with E-state index in [2.05, 4.69) is 160 Å². The van der Waals surface area contributed by atoms with Crippen LogP contribution < -0.4 is 0 Å². The fourth-order valence-corrected chi connectivity index (χ4v) is 8.88. The van der Waals surface area contributed by atoms with E-state index >= 15 is 0 Å². The van der Waals surface area contributed by atoms with Crippen LogP contribution in [0.2, 0.25) is 0 Å². The molecular weight excluding hydrogens is 1050 g/mol. The number of rotatable bonds is 49. The van der Waals surface area contributed by atoms with Gasteiger partial charge in [-0.05, 0) is 116 Å². The highest BCUT2D eigenvalue weighted by atomic mass is 16.7. The van der Waals surface area contributed by atoms with Gasteiger partial charge in [-0.3, -0.25) is 4.79 Å². The molecule has 470 valence electrons. The van der Waals surface area contributed by atoms with Crippen molar-refractivity contribution < 1.29 is 69.0 Å². The molecule has 0 aromatic carbocycles. The molecule has 2 heterocycles. The van der Waals surface area contributed by atoms with E-state index in [1.165, 1.54) is 25.7 Å². The van der Waals surface area contributed by atoms with Crippen molar-refractivity contribution in [2.75, 3.05) is 33.0 Å². The molecule has 0 amide bonds. The summed E-state index contributed by atoms with van der Waals surface area (Å²) >= 11 is 0. The lowest BCUT2D eigenvalue weighted by molar-refractivity contribution is -0.332. The predicted molar refractivity (Wildman–Crippen MR) is 334 cm³/mol. The zero-order valence-electron chi connectivity index (χ0n) is 50.6. The van der Waals surface area contributed by atoms with Crippen LogP contribution in [0, 0.1) is 0 Å². The summed E-state index contributed by atoms with van der Waals surface area (Å²) in [5, 5.41) is 72.5. The van der Waals surface area contributed by atoms with Crippen molar-refractivity contribution in [2.45, 2.75) is 248 Å². The second-order valence-corrected chi connectivity index (χ2v) is 21.1. The van der Waals surface area contributed by atoms with Gasteiger partial charge in [-0.1, -0.05) is 205 Å². The van der Waals surface area contributed by atoms with Gasteiger partial charge in [0.05, 0.1) is 26.4 Å². The Hall–Kier alpha value is -4.13. The Morgan fingerprint density at radius 3 is 1.17 bits per heavy atom. The third-order valence-electron chi connectivity index (χ3n) is 13.8. The van der Waals surface area contributed by atoms with E-state index in [0.717, 1.165) is 128 Å². The van der Waals surface area contributed by atoms with Crippen molar-refractivity contribution in [3.63, 3.8) is 0 Å². The largest absolute Gasteiger partial charge is 0.457 e. The SMILES string of the molecule is CC/C=C\C/C=C\C/C=C\C/C=C\C/C=C\C/C=C\C/C=C\CCCCCC(=O)OC(COCCCCCCCCCC/C=C\C/C=C\C/C=C\C/C=C\C/C=C\CC)COC1OC(COC2OC(CO)C(O)C(O)C2O)C(O)C(O)C1O. The van der Waals surface area contributed by atoms with Crippen LogP contribution in [-0.4, -0.2) is 142 Å². The van der Waals surface area contributed by atoms with Crippen LogP contribution in [-0.2, 0) is 33.2 Å². The van der Waals surface area contributed by atoms with Crippen LogP contribution in [0.5, 0.6) is 0 Å². The predicted octanol–water partition coefficient (Wildman–Crippen LogP) is 12.4. The zero-order chi connectivity index (χ0) is 60.1. The maximum Gasteiger partial charge on any atom is 0.306 e. The lowest BCUT2D eigenvalue weighted by atomic mass is 9.98. The Kier molecular flexibility index (Phi) is 48.2. The summed E-state index contributed by atoms with van der Waals surface area (Å²) in [4.78, 5) is 13.1. The van der Waals surface area contributed by atoms with Crippen LogP contribution in [0.15, 0.2) is 146 Å². The quantitative estimate of drug-likeness (QED) is 0.0172. The highest BCUT2D eigenvalue weighted by Gasteiger charge is 2.47. The average Bonchev–Trinajstić information content (AvgIpc) is 3.67. The van der Waals surface area contributed by atoms with E-state index in [1.54, 1.807) is 0 Å². The Morgan fingerprint density at radius 2 is 0.747 bits per heavy atom. The number of hydrogen-bond acceptors (Lipinski definition) is 14. The van der Waals surface area contributed by atoms with Gasteiger partial charge in [0.25, 0.3) is 0 Å². The molecule has 2 fully saturated rings. The number of carbonyl (C=O) groups excluding carboxylic acids is 1. The summed E-state index contributed by atoms with van der Waals surface area (Å²) in [6.45, 7) is 3.37. The Morgan fingerprint density at radius 1 is 0.398 bits per heavy atom. The summed E-state index contributed by atoms with van der Waals surface area (Å²) in [6.07, 6.45) is 61.9. The van der Waals surface area contributed by atoms with Crippen LogP contribution in [0.1, 0.15) is 181 Å². The highest BCUT2D eigenvalue weighted by Crippen LogP contribution is 2.26. The molecule has 2 rings (SSSR count). The van der Waals surface area contributed by atoms with Gasteiger partial charge in [-0.25, -0.2) is 0 Å². The average molecular weight is 1160 g/mol. The number of allylic oxidation sites excluding steroid dienone is 24. The van der Waals surface area contributed by atoms with E-state index in [0.29, 0.717) is 13.0 Å². The van der Waals surface area contributed by atoms with Gasteiger partial charge in [-0.15, -0.1) is 0 Å². The molecule has 2 aliphatic heterocycles. The Labute approximate surface area is 500 Å².